The molecule has 0 aliphatic carbocycles. The molecule has 12 heteroatoms. The highest BCUT2D eigenvalue weighted by molar-refractivity contribution is 7.89. The lowest BCUT2D eigenvalue weighted by atomic mass is 9.96. The van der Waals surface area contributed by atoms with Crippen LogP contribution in [-0.4, -0.2) is 46.6 Å². The van der Waals surface area contributed by atoms with Crippen molar-refractivity contribution in [3.63, 3.8) is 0 Å². The summed E-state index contributed by atoms with van der Waals surface area (Å²) in [5.41, 5.74) is 7.89. The number of sulfonamides is 1. The van der Waals surface area contributed by atoms with E-state index in [9.17, 15) is 13.2 Å². The number of carbonyl (C=O) groups excluding carboxylic acids is 1. The largest absolute Gasteiger partial charge is 0.497 e. The van der Waals surface area contributed by atoms with Crippen LogP contribution in [-0.2, 0) is 16.6 Å². The van der Waals surface area contributed by atoms with Crippen molar-refractivity contribution in [2.45, 2.75) is 11.4 Å². The second-order valence-corrected chi connectivity index (χ2v) is 9.70. The van der Waals surface area contributed by atoms with Gasteiger partial charge in [0.25, 0.3) is 5.91 Å². The summed E-state index contributed by atoms with van der Waals surface area (Å²) in [6.07, 6.45) is 1.49. The number of amides is 1. The molecule has 0 fully saturated rings. The predicted molar refractivity (Wildman–Crippen MR) is 136 cm³/mol. The first-order chi connectivity index (χ1) is 17.7. The fourth-order valence-electron chi connectivity index (χ4n) is 4.09. The number of benzene rings is 3. The number of hydrogen-bond acceptors (Lipinski definition) is 8. The summed E-state index contributed by atoms with van der Waals surface area (Å²) in [6.45, 7) is 0.308. The minimum Gasteiger partial charge on any atom is -0.497 e. The van der Waals surface area contributed by atoms with Crippen molar-refractivity contribution in [2.75, 3.05) is 7.11 Å². The van der Waals surface area contributed by atoms with E-state index in [2.05, 4.69) is 20.4 Å². The van der Waals surface area contributed by atoms with Crippen LogP contribution in [0.5, 0.6) is 5.75 Å². The van der Waals surface area contributed by atoms with Crippen molar-refractivity contribution in [3.05, 3.63) is 84.2 Å². The molecule has 0 aliphatic rings. The summed E-state index contributed by atoms with van der Waals surface area (Å²) >= 11 is 0. The number of primary amides is 1. The number of rotatable bonds is 7. The van der Waals surface area contributed by atoms with Crippen LogP contribution in [0.25, 0.3) is 33.3 Å². The monoisotopic (exact) mass is 515 g/mol. The molecule has 2 aromatic heterocycles. The maximum atomic E-state index is 12.5. The van der Waals surface area contributed by atoms with Crippen molar-refractivity contribution in [1.82, 2.24) is 25.2 Å². The van der Waals surface area contributed by atoms with E-state index in [1.807, 2.05) is 24.3 Å². The number of aromatic nitrogens is 5. The Morgan fingerprint density at radius 2 is 1.84 bits per heavy atom. The Morgan fingerprint density at radius 3 is 2.54 bits per heavy atom. The van der Waals surface area contributed by atoms with Crippen molar-refractivity contribution in [2.24, 2.45) is 10.9 Å². The second kappa shape index (κ2) is 9.41. The zero-order valence-corrected chi connectivity index (χ0v) is 20.4. The quantitative estimate of drug-likeness (QED) is 0.333. The van der Waals surface area contributed by atoms with E-state index in [0.29, 0.717) is 28.4 Å². The van der Waals surface area contributed by atoms with E-state index >= 15 is 0 Å². The molecule has 5 rings (SSSR count). The van der Waals surface area contributed by atoms with E-state index < -0.39 is 15.9 Å². The van der Waals surface area contributed by atoms with Crippen LogP contribution in [0.4, 0.5) is 0 Å². The van der Waals surface area contributed by atoms with Gasteiger partial charge in [-0.2, -0.15) is 4.80 Å². The van der Waals surface area contributed by atoms with Crippen LogP contribution in [0.3, 0.4) is 0 Å². The molecule has 0 aliphatic heterocycles. The van der Waals surface area contributed by atoms with Crippen molar-refractivity contribution < 1.29 is 17.9 Å². The molecule has 0 saturated heterocycles. The van der Waals surface area contributed by atoms with Gasteiger partial charge in [0, 0.05) is 11.6 Å². The van der Waals surface area contributed by atoms with Crippen LogP contribution in [0.1, 0.15) is 16.1 Å². The average molecular weight is 516 g/mol. The first-order valence-corrected chi connectivity index (χ1v) is 12.5. The van der Waals surface area contributed by atoms with E-state index in [1.54, 1.807) is 43.5 Å². The minimum atomic E-state index is -4.13. The average Bonchev–Trinajstić information content (AvgIpc) is 3.35. The van der Waals surface area contributed by atoms with Gasteiger partial charge in [0.1, 0.15) is 11.4 Å². The molecule has 186 valence electrons. The molecule has 11 nitrogen and oxygen atoms in total. The van der Waals surface area contributed by atoms with E-state index in [0.717, 1.165) is 11.3 Å². The summed E-state index contributed by atoms with van der Waals surface area (Å²) < 4.78 is 30.2. The fourth-order valence-corrected chi connectivity index (χ4v) is 4.84. The molecule has 0 radical (unpaired) electrons. The maximum absolute atomic E-state index is 12.5. The molecule has 3 aromatic carbocycles. The number of methoxy groups -OCH3 is 1. The van der Waals surface area contributed by atoms with Gasteiger partial charge in [-0.25, -0.2) is 13.6 Å². The molecule has 0 unspecified atom stereocenters. The Balaban J connectivity index is 1.62. The molecule has 37 heavy (non-hydrogen) atoms. The highest BCUT2D eigenvalue weighted by atomic mass is 32.2. The normalized spacial score (nSPS) is 11.5. The molecule has 5 aromatic rings. The number of fused-ring (bicyclic) bond motifs is 1. The molecule has 2 heterocycles. The van der Waals surface area contributed by atoms with Gasteiger partial charge >= 0.3 is 0 Å². The molecule has 0 bridgehead atoms. The lowest BCUT2D eigenvalue weighted by Gasteiger charge is -2.12. The van der Waals surface area contributed by atoms with Crippen LogP contribution in [0.2, 0.25) is 0 Å². The highest BCUT2D eigenvalue weighted by Crippen LogP contribution is 2.36. The Morgan fingerprint density at radius 1 is 1.05 bits per heavy atom. The predicted octanol–water partition coefficient (Wildman–Crippen LogP) is 2.36. The summed E-state index contributed by atoms with van der Waals surface area (Å²) in [4.78, 5) is 17.1. The Hall–Kier alpha value is -4.68. The number of primary sulfonamides is 1. The topological polar surface area (TPSA) is 169 Å². The number of ether oxygens (including phenoxy) is 1. The molecule has 4 N–H and O–H groups in total. The number of pyridine rings is 1. The third-order valence-corrected chi connectivity index (χ3v) is 6.75. The second-order valence-electron chi connectivity index (χ2n) is 8.17. The minimum absolute atomic E-state index is 0.0980. The summed E-state index contributed by atoms with van der Waals surface area (Å²) in [7, 11) is -2.54. The first-order valence-electron chi connectivity index (χ1n) is 11.0. The van der Waals surface area contributed by atoms with E-state index in [4.69, 9.17) is 15.6 Å². The lowest BCUT2D eigenvalue weighted by Crippen LogP contribution is -2.14. The number of carbonyl (C=O) groups is 1. The van der Waals surface area contributed by atoms with Crippen LogP contribution in [0, 0.1) is 0 Å². The summed E-state index contributed by atoms with van der Waals surface area (Å²) in [5, 5.41) is 19.5. The molecule has 0 atom stereocenters. The number of hydrogen-bond donors (Lipinski definition) is 2. The summed E-state index contributed by atoms with van der Waals surface area (Å²) in [5.74, 6) is 0.172. The van der Waals surface area contributed by atoms with Gasteiger partial charge in [0.05, 0.1) is 24.1 Å². The van der Waals surface area contributed by atoms with Gasteiger partial charge in [0.15, 0.2) is 0 Å². The maximum Gasteiger partial charge on any atom is 0.267 e. The number of nitrogens with zero attached hydrogens (tertiary/aromatic N) is 5. The first kappa shape index (κ1) is 24.0. The Bertz CT molecular complexity index is 1750. The molecular weight excluding hydrogens is 494 g/mol. The van der Waals surface area contributed by atoms with Crippen LogP contribution in [0.15, 0.2) is 77.8 Å². The molecule has 0 saturated carbocycles. The van der Waals surface area contributed by atoms with Gasteiger partial charge in [-0.1, -0.05) is 36.4 Å². The standard InChI is InChI=1S/C25H21N7O4S/c1-36-18-8-5-15(6-9-18)14-32-30-25(29-31-32)22-19(3-2-4-21(22)37(27,34)35)16-7-10-20-17(13-16)11-12-28-23(20)24(26)33/h2-13H,14H2,1H3,(H2,26,33)(H2,27,34,35). The van der Waals surface area contributed by atoms with Crippen molar-refractivity contribution >= 4 is 26.7 Å². The van der Waals surface area contributed by atoms with E-state index in [1.165, 1.54) is 17.1 Å². The third kappa shape index (κ3) is 4.75. The molecular formula is C25H21N7O4S. The van der Waals surface area contributed by atoms with Gasteiger partial charge in [-0.15, -0.1) is 10.2 Å². The van der Waals surface area contributed by atoms with Gasteiger partial charge in [-0.05, 0) is 57.6 Å². The van der Waals surface area contributed by atoms with Crippen LogP contribution >= 0.6 is 0 Å². The zero-order chi connectivity index (χ0) is 26.2. The SMILES string of the molecule is COc1ccc(Cn2nnc(-c3c(-c4ccc5c(C(N)=O)nccc5c4)cccc3S(N)(=O)=O)n2)cc1. The summed E-state index contributed by atoms with van der Waals surface area (Å²) in [6, 6.07) is 19.1. The molecule has 0 spiro atoms. The third-order valence-electron chi connectivity index (χ3n) is 5.80. The highest BCUT2D eigenvalue weighted by Gasteiger charge is 2.23. The van der Waals surface area contributed by atoms with Gasteiger partial charge in [0.2, 0.25) is 15.8 Å². The van der Waals surface area contributed by atoms with Crippen molar-refractivity contribution in [3.8, 4) is 28.3 Å². The van der Waals surface area contributed by atoms with E-state index in [-0.39, 0.29) is 22.0 Å². The fraction of sp³-hybridized carbons (Fsp3) is 0.0800. The molecule has 1 amide bonds. The Kier molecular flexibility index (Phi) is 6.11. The Labute approximate surface area is 211 Å². The van der Waals surface area contributed by atoms with Crippen molar-refractivity contribution in [1.29, 1.82) is 0 Å². The zero-order valence-electron chi connectivity index (χ0n) is 19.6. The number of tetrazole rings is 1. The smallest absolute Gasteiger partial charge is 0.267 e. The van der Waals surface area contributed by atoms with Gasteiger partial charge < -0.3 is 10.5 Å². The van der Waals surface area contributed by atoms with Crippen LogP contribution < -0.4 is 15.6 Å². The lowest BCUT2D eigenvalue weighted by molar-refractivity contribution is 0.0997. The number of nitrogens with two attached hydrogens (primary N) is 2. The van der Waals surface area contributed by atoms with Gasteiger partial charge in [-0.3, -0.25) is 9.78 Å².